The van der Waals surface area contributed by atoms with Gasteiger partial charge in [0.15, 0.2) is 5.82 Å². The van der Waals surface area contributed by atoms with Crippen molar-refractivity contribution in [1.82, 2.24) is 20.4 Å². The van der Waals surface area contributed by atoms with Crippen LogP contribution in [0.2, 0.25) is 0 Å². The van der Waals surface area contributed by atoms with Crippen molar-refractivity contribution in [2.24, 2.45) is 5.92 Å². The van der Waals surface area contributed by atoms with Gasteiger partial charge in [0, 0.05) is 38.8 Å². The molecule has 1 saturated heterocycles. The van der Waals surface area contributed by atoms with Crippen LogP contribution in [0.25, 0.3) is 0 Å². The van der Waals surface area contributed by atoms with Crippen LogP contribution < -0.4 is 15.0 Å². The molecule has 4 rings (SSSR count). The van der Waals surface area contributed by atoms with Crippen LogP contribution in [0, 0.1) is 17.2 Å². The molecular weight excluding hydrogens is 396 g/mol. The van der Waals surface area contributed by atoms with Crippen molar-refractivity contribution in [3.05, 3.63) is 47.5 Å². The van der Waals surface area contributed by atoms with Crippen LogP contribution in [-0.2, 0) is 0 Å². The van der Waals surface area contributed by atoms with E-state index in [4.69, 9.17) is 4.74 Å². The van der Waals surface area contributed by atoms with Crippen molar-refractivity contribution in [2.75, 3.05) is 37.6 Å². The Morgan fingerprint density at radius 2 is 1.87 bits per heavy atom. The molecule has 1 aromatic heterocycles. The molecule has 2 heterocycles. The van der Waals surface area contributed by atoms with E-state index in [2.05, 4.69) is 21.6 Å². The Balaban J connectivity index is 1.27. The fraction of sp³-hybridized carbons (Fsp3) is 0.409. The molecule has 0 bridgehead atoms. The van der Waals surface area contributed by atoms with Crippen molar-refractivity contribution >= 4 is 17.8 Å². The number of rotatable bonds is 6. The van der Waals surface area contributed by atoms with Crippen LogP contribution in [-0.4, -0.2) is 59.8 Å². The predicted molar refractivity (Wildman–Crippen MR) is 113 cm³/mol. The first-order valence-electron chi connectivity index (χ1n) is 10.5. The number of benzene rings is 1. The molecule has 2 aromatic rings. The maximum Gasteiger partial charge on any atom is 0.413 e. The van der Waals surface area contributed by atoms with Gasteiger partial charge in [-0.2, -0.15) is 5.26 Å². The molecule has 2 fully saturated rings. The molecule has 31 heavy (non-hydrogen) atoms. The van der Waals surface area contributed by atoms with E-state index in [1.54, 1.807) is 41.3 Å². The molecule has 9 heteroatoms. The molecule has 1 aliphatic carbocycles. The molecule has 0 spiro atoms. The zero-order chi connectivity index (χ0) is 21.6. The van der Waals surface area contributed by atoms with E-state index < -0.39 is 6.09 Å². The Kier molecular flexibility index (Phi) is 6.26. The quantitative estimate of drug-likeness (QED) is 0.762. The summed E-state index contributed by atoms with van der Waals surface area (Å²) >= 11 is 0. The average Bonchev–Trinajstić information content (AvgIpc) is 3.63. The number of anilines is 1. The van der Waals surface area contributed by atoms with Gasteiger partial charge >= 0.3 is 6.09 Å². The van der Waals surface area contributed by atoms with Crippen LogP contribution in [0.4, 0.5) is 10.6 Å². The summed E-state index contributed by atoms with van der Waals surface area (Å²) in [5, 5.41) is 20.1. The summed E-state index contributed by atoms with van der Waals surface area (Å²) in [4.78, 5) is 28.3. The van der Waals surface area contributed by atoms with E-state index in [1.165, 1.54) is 12.8 Å². The monoisotopic (exact) mass is 420 g/mol. The van der Waals surface area contributed by atoms with Crippen LogP contribution in [0.3, 0.4) is 0 Å². The normalized spacial score (nSPS) is 15.8. The van der Waals surface area contributed by atoms with Crippen molar-refractivity contribution < 1.29 is 14.3 Å². The van der Waals surface area contributed by atoms with E-state index in [-0.39, 0.29) is 11.8 Å². The molecule has 0 radical (unpaired) electrons. The zero-order valence-electron chi connectivity index (χ0n) is 17.2. The lowest BCUT2D eigenvalue weighted by Gasteiger charge is -2.35. The van der Waals surface area contributed by atoms with E-state index in [0.29, 0.717) is 49.7 Å². The van der Waals surface area contributed by atoms with Gasteiger partial charge in [-0.25, -0.2) is 4.79 Å². The molecule has 0 atom stereocenters. The lowest BCUT2D eigenvalue weighted by molar-refractivity contribution is 0.0746. The van der Waals surface area contributed by atoms with Gasteiger partial charge < -0.3 is 19.9 Å². The number of nitrogens with one attached hydrogen (secondary N) is 1. The molecule has 2 amide bonds. The molecule has 0 unspecified atom stereocenters. The zero-order valence-corrected chi connectivity index (χ0v) is 17.2. The topological polar surface area (TPSA) is 111 Å². The van der Waals surface area contributed by atoms with Gasteiger partial charge in [0.05, 0.1) is 17.2 Å². The minimum absolute atomic E-state index is 0.140. The van der Waals surface area contributed by atoms with Crippen LogP contribution >= 0.6 is 0 Å². The minimum Gasteiger partial charge on any atom is -0.390 e. The van der Waals surface area contributed by atoms with Crippen molar-refractivity contribution in [3.63, 3.8) is 0 Å². The Bertz CT molecular complexity index is 975. The Labute approximate surface area is 180 Å². The van der Waals surface area contributed by atoms with Crippen molar-refractivity contribution in [1.29, 1.82) is 5.26 Å². The number of ether oxygens (including phenoxy) is 1. The number of carbonyl (C=O) groups is 2. The van der Waals surface area contributed by atoms with Gasteiger partial charge in [-0.3, -0.25) is 4.79 Å². The summed E-state index contributed by atoms with van der Waals surface area (Å²) in [7, 11) is 0. The minimum atomic E-state index is -0.521. The van der Waals surface area contributed by atoms with Crippen LogP contribution in [0.5, 0.6) is 5.88 Å². The van der Waals surface area contributed by atoms with Crippen molar-refractivity contribution in [3.8, 4) is 11.9 Å². The Hall–Kier alpha value is -3.67. The highest BCUT2D eigenvalue weighted by molar-refractivity contribution is 5.96. The summed E-state index contributed by atoms with van der Waals surface area (Å²) in [5.41, 5.74) is 0.808. The van der Waals surface area contributed by atoms with Crippen molar-refractivity contribution in [2.45, 2.75) is 19.3 Å². The lowest BCUT2D eigenvalue weighted by atomic mass is 10.1. The smallest absolute Gasteiger partial charge is 0.390 e. The standard InChI is InChI=1S/C22H24N6O3/c23-15-17-3-1-2-4-18(17)21(29)28-13-11-27(12-14-28)19-7-8-20(26-25-19)31-22(30)24-10-9-16-5-6-16/h1-4,7-8,16H,5-6,9-14H2,(H,24,30). The third-order valence-corrected chi connectivity index (χ3v) is 5.51. The van der Waals surface area contributed by atoms with Crippen LogP contribution in [0.15, 0.2) is 36.4 Å². The summed E-state index contributed by atoms with van der Waals surface area (Å²) in [6.45, 7) is 2.83. The summed E-state index contributed by atoms with van der Waals surface area (Å²) in [6.07, 6.45) is 2.96. The number of hydrogen-bond donors (Lipinski definition) is 1. The van der Waals surface area contributed by atoms with Gasteiger partial charge in [-0.1, -0.05) is 25.0 Å². The summed E-state index contributed by atoms with van der Waals surface area (Å²) < 4.78 is 5.16. The second-order valence-electron chi connectivity index (χ2n) is 7.71. The molecular formula is C22H24N6O3. The third-order valence-electron chi connectivity index (χ3n) is 5.51. The fourth-order valence-corrected chi connectivity index (χ4v) is 3.53. The van der Waals surface area contributed by atoms with E-state index in [9.17, 15) is 14.9 Å². The molecule has 160 valence electrons. The second-order valence-corrected chi connectivity index (χ2v) is 7.71. The van der Waals surface area contributed by atoms with E-state index >= 15 is 0 Å². The van der Waals surface area contributed by atoms with Gasteiger partial charge in [0.25, 0.3) is 5.91 Å². The number of nitriles is 1. The number of carbonyl (C=O) groups excluding carboxylic acids is 2. The lowest BCUT2D eigenvalue weighted by Crippen LogP contribution is -2.49. The first kappa shape index (κ1) is 20.6. The molecule has 2 aliphatic rings. The third kappa shape index (κ3) is 5.28. The maximum atomic E-state index is 12.8. The molecule has 9 nitrogen and oxygen atoms in total. The first-order chi connectivity index (χ1) is 15.1. The summed E-state index contributed by atoms with van der Waals surface area (Å²) in [6, 6.07) is 12.3. The maximum absolute atomic E-state index is 12.8. The predicted octanol–water partition coefficient (Wildman–Crippen LogP) is 2.20. The number of piperazine rings is 1. The number of nitrogens with zero attached hydrogens (tertiary/aromatic N) is 5. The van der Waals surface area contributed by atoms with Gasteiger partial charge in [0.2, 0.25) is 5.88 Å². The van der Waals surface area contributed by atoms with Gasteiger partial charge in [-0.05, 0) is 30.5 Å². The molecule has 1 saturated carbocycles. The molecule has 1 aromatic carbocycles. The summed E-state index contributed by atoms with van der Waals surface area (Å²) in [5.74, 6) is 1.41. The largest absolute Gasteiger partial charge is 0.413 e. The SMILES string of the molecule is N#Cc1ccccc1C(=O)N1CCN(c2ccc(OC(=O)NCCC3CC3)nn2)CC1. The van der Waals surface area contributed by atoms with Crippen LogP contribution in [0.1, 0.15) is 35.2 Å². The highest BCUT2D eigenvalue weighted by Gasteiger charge is 2.25. The number of amides is 2. The molecule has 1 N–H and O–H groups in total. The van der Waals surface area contributed by atoms with Gasteiger partial charge in [0.1, 0.15) is 0 Å². The van der Waals surface area contributed by atoms with E-state index in [0.717, 1.165) is 12.3 Å². The second kappa shape index (κ2) is 9.43. The fourth-order valence-electron chi connectivity index (χ4n) is 3.53. The van der Waals surface area contributed by atoms with Gasteiger partial charge in [-0.15, -0.1) is 10.2 Å². The average molecular weight is 420 g/mol. The highest BCUT2D eigenvalue weighted by Crippen LogP contribution is 2.31. The Morgan fingerprint density at radius 3 is 2.55 bits per heavy atom. The molecule has 1 aliphatic heterocycles. The number of aromatic nitrogens is 2. The van der Waals surface area contributed by atoms with E-state index in [1.807, 2.05) is 4.90 Å². The highest BCUT2D eigenvalue weighted by atomic mass is 16.6. The Morgan fingerprint density at radius 1 is 1.10 bits per heavy atom. The first-order valence-corrected chi connectivity index (χ1v) is 10.5. The number of hydrogen-bond acceptors (Lipinski definition) is 7.